The lowest BCUT2D eigenvalue weighted by Gasteiger charge is -2.25. The number of hydrogen-bond donors (Lipinski definition) is 2. The second kappa shape index (κ2) is 7.61. The second-order valence-electron chi connectivity index (χ2n) is 5.45. The third kappa shape index (κ3) is 3.84. The number of carbonyl (C=O) groups is 1. The van der Waals surface area contributed by atoms with Crippen LogP contribution in [0.2, 0.25) is 5.02 Å². The van der Waals surface area contributed by atoms with Crippen molar-refractivity contribution in [3.05, 3.63) is 64.2 Å². The normalized spacial score (nSPS) is 15.9. The smallest absolute Gasteiger partial charge is 0.319 e. The Morgan fingerprint density at radius 3 is 2.96 bits per heavy atom. The number of urea groups is 1. The van der Waals surface area contributed by atoms with Crippen LogP contribution < -0.4 is 10.6 Å². The predicted molar refractivity (Wildman–Crippen MR) is 98.5 cm³/mol. The molecule has 1 aliphatic heterocycles. The molecule has 24 heavy (non-hydrogen) atoms. The van der Waals surface area contributed by atoms with Gasteiger partial charge in [-0.15, -0.1) is 0 Å². The lowest BCUT2D eigenvalue weighted by Crippen LogP contribution is -2.32. The molecule has 1 aliphatic rings. The van der Waals surface area contributed by atoms with Gasteiger partial charge in [0.25, 0.3) is 0 Å². The van der Waals surface area contributed by atoms with Gasteiger partial charge >= 0.3 is 6.03 Å². The lowest BCUT2D eigenvalue weighted by atomic mass is 10.0. The van der Waals surface area contributed by atoms with Gasteiger partial charge in [0.15, 0.2) is 0 Å². The number of rotatable bonds is 3. The van der Waals surface area contributed by atoms with Crippen LogP contribution in [0.5, 0.6) is 0 Å². The van der Waals surface area contributed by atoms with Crippen molar-refractivity contribution in [1.29, 1.82) is 5.26 Å². The summed E-state index contributed by atoms with van der Waals surface area (Å²) in [5, 5.41) is 15.1. The van der Waals surface area contributed by atoms with E-state index in [0.717, 1.165) is 12.2 Å². The van der Waals surface area contributed by atoms with Gasteiger partial charge in [0, 0.05) is 17.5 Å². The fraction of sp³-hybridized carbons (Fsp3) is 0.222. The molecule has 0 saturated carbocycles. The lowest BCUT2D eigenvalue weighted by molar-refractivity contribution is 0.252. The highest BCUT2D eigenvalue weighted by Crippen LogP contribution is 2.35. The van der Waals surface area contributed by atoms with Gasteiger partial charge in [0.05, 0.1) is 10.6 Å². The van der Waals surface area contributed by atoms with E-state index >= 15 is 0 Å². The van der Waals surface area contributed by atoms with Crippen LogP contribution in [0.25, 0.3) is 0 Å². The molecule has 0 radical (unpaired) electrons. The van der Waals surface area contributed by atoms with E-state index in [1.807, 2.05) is 23.9 Å². The minimum atomic E-state index is -0.278. The second-order valence-corrected chi connectivity index (χ2v) is 7.17. The molecule has 0 fully saturated rings. The first-order valence-corrected chi connectivity index (χ1v) is 9.04. The zero-order chi connectivity index (χ0) is 16.9. The summed E-state index contributed by atoms with van der Waals surface area (Å²) < 4.78 is 0. The van der Waals surface area contributed by atoms with Crippen LogP contribution in [0, 0.1) is 11.3 Å². The maximum Gasteiger partial charge on any atom is 0.319 e. The van der Waals surface area contributed by atoms with Gasteiger partial charge in [-0.3, -0.25) is 0 Å². The number of halogens is 1. The summed E-state index contributed by atoms with van der Waals surface area (Å²) in [6, 6.07) is 14.9. The van der Waals surface area contributed by atoms with Crippen LogP contribution in [0.1, 0.15) is 21.9 Å². The number of hydrogen-bond acceptors (Lipinski definition) is 3. The van der Waals surface area contributed by atoms with Crippen molar-refractivity contribution in [3.8, 4) is 6.07 Å². The SMILES string of the molecule is N#Cc1ccc(NC(=O)NCC2SCCc3ccccc32)cc1Cl. The zero-order valence-electron chi connectivity index (χ0n) is 12.9. The maximum atomic E-state index is 12.1. The molecular weight excluding hydrogens is 342 g/mol. The van der Waals surface area contributed by atoms with Crippen LogP contribution in [-0.4, -0.2) is 18.3 Å². The fourth-order valence-corrected chi connectivity index (χ4v) is 4.15. The molecule has 1 atom stereocenters. The highest BCUT2D eigenvalue weighted by molar-refractivity contribution is 7.99. The van der Waals surface area contributed by atoms with Gasteiger partial charge in [0.2, 0.25) is 0 Å². The van der Waals surface area contributed by atoms with Gasteiger partial charge in [-0.05, 0) is 41.5 Å². The molecule has 2 aromatic rings. The summed E-state index contributed by atoms with van der Waals surface area (Å²) in [6.45, 7) is 0.567. The molecule has 3 rings (SSSR count). The topological polar surface area (TPSA) is 64.9 Å². The first-order chi connectivity index (χ1) is 11.7. The predicted octanol–water partition coefficient (Wildman–Crippen LogP) is 4.36. The van der Waals surface area contributed by atoms with Crippen molar-refractivity contribution in [3.63, 3.8) is 0 Å². The summed E-state index contributed by atoms with van der Waals surface area (Å²) in [7, 11) is 0. The highest BCUT2D eigenvalue weighted by atomic mass is 35.5. The zero-order valence-corrected chi connectivity index (χ0v) is 14.5. The molecule has 4 nitrogen and oxygen atoms in total. The highest BCUT2D eigenvalue weighted by Gasteiger charge is 2.20. The van der Waals surface area contributed by atoms with Crippen molar-refractivity contribution in [2.75, 3.05) is 17.6 Å². The summed E-state index contributed by atoms with van der Waals surface area (Å²) in [6.07, 6.45) is 1.08. The summed E-state index contributed by atoms with van der Waals surface area (Å²) in [5.41, 5.74) is 3.61. The number of thioether (sulfide) groups is 1. The quantitative estimate of drug-likeness (QED) is 0.857. The molecule has 2 aromatic carbocycles. The van der Waals surface area contributed by atoms with Gasteiger partial charge in [-0.25, -0.2) is 4.79 Å². The summed E-state index contributed by atoms with van der Waals surface area (Å²) in [5.74, 6) is 1.07. The number of carbonyl (C=O) groups excluding carboxylic acids is 1. The van der Waals surface area contributed by atoms with Crippen molar-refractivity contribution in [2.45, 2.75) is 11.7 Å². The molecule has 0 aromatic heterocycles. The van der Waals surface area contributed by atoms with Crippen LogP contribution in [0.15, 0.2) is 42.5 Å². The maximum absolute atomic E-state index is 12.1. The van der Waals surface area contributed by atoms with E-state index in [4.69, 9.17) is 16.9 Å². The number of amides is 2. The van der Waals surface area contributed by atoms with Gasteiger partial charge in [-0.2, -0.15) is 17.0 Å². The average molecular weight is 358 g/mol. The molecule has 0 aliphatic carbocycles. The molecule has 1 heterocycles. The van der Waals surface area contributed by atoms with E-state index in [2.05, 4.69) is 28.8 Å². The summed E-state index contributed by atoms with van der Waals surface area (Å²) in [4.78, 5) is 12.1. The Balaban J connectivity index is 1.59. The molecule has 0 spiro atoms. The van der Waals surface area contributed by atoms with Crippen molar-refractivity contribution in [1.82, 2.24) is 5.32 Å². The van der Waals surface area contributed by atoms with E-state index in [1.165, 1.54) is 11.1 Å². The molecule has 0 saturated heterocycles. The van der Waals surface area contributed by atoms with E-state index in [9.17, 15) is 4.79 Å². The minimum Gasteiger partial charge on any atom is -0.336 e. The monoisotopic (exact) mass is 357 g/mol. The number of benzene rings is 2. The Bertz CT molecular complexity index is 803. The van der Waals surface area contributed by atoms with Gasteiger partial charge in [0.1, 0.15) is 6.07 Å². The van der Waals surface area contributed by atoms with Crippen LogP contribution in [-0.2, 0) is 6.42 Å². The largest absolute Gasteiger partial charge is 0.336 e. The fourth-order valence-electron chi connectivity index (χ4n) is 2.69. The first kappa shape index (κ1) is 16.7. The molecule has 1 unspecified atom stereocenters. The Morgan fingerprint density at radius 2 is 2.17 bits per heavy atom. The Kier molecular flexibility index (Phi) is 5.29. The number of aryl methyl sites for hydroxylation is 1. The van der Waals surface area contributed by atoms with E-state index in [1.54, 1.807) is 18.2 Å². The molecular formula is C18H16ClN3OS. The number of nitriles is 1. The summed E-state index contributed by atoms with van der Waals surface area (Å²) >= 11 is 7.83. The number of fused-ring (bicyclic) bond motifs is 1. The Labute approximate surface area is 150 Å². The molecule has 2 N–H and O–H groups in total. The standard InChI is InChI=1S/C18H16ClN3OS/c19-16-9-14(6-5-13(16)10-20)22-18(23)21-11-17-15-4-2-1-3-12(15)7-8-24-17/h1-6,9,17H,7-8,11H2,(H2,21,22,23). The molecule has 2 amide bonds. The third-order valence-electron chi connectivity index (χ3n) is 3.89. The van der Waals surface area contributed by atoms with Gasteiger partial charge < -0.3 is 10.6 Å². The third-order valence-corrected chi connectivity index (χ3v) is 5.46. The molecule has 0 bridgehead atoms. The number of nitrogens with one attached hydrogen (secondary N) is 2. The molecule has 6 heteroatoms. The van der Waals surface area contributed by atoms with E-state index < -0.39 is 0 Å². The molecule has 122 valence electrons. The van der Waals surface area contributed by atoms with Crippen LogP contribution in [0.3, 0.4) is 0 Å². The van der Waals surface area contributed by atoms with E-state index in [-0.39, 0.29) is 11.3 Å². The minimum absolute atomic E-state index is 0.269. The number of anilines is 1. The number of nitrogens with zero attached hydrogens (tertiary/aromatic N) is 1. The van der Waals surface area contributed by atoms with Gasteiger partial charge in [-0.1, -0.05) is 35.9 Å². The van der Waals surface area contributed by atoms with Crippen molar-refractivity contribution < 1.29 is 4.79 Å². The first-order valence-electron chi connectivity index (χ1n) is 7.61. The van der Waals surface area contributed by atoms with E-state index in [0.29, 0.717) is 22.8 Å². The van der Waals surface area contributed by atoms with Crippen LogP contribution in [0.4, 0.5) is 10.5 Å². The van der Waals surface area contributed by atoms with Crippen molar-refractivity contribution >= 4 is 35.1 Å². The Hall–Kier alpha value is -2.16. The van der Waals surface area contributed by atoms with Crippen LogP contribution >= 0.6 is 23.4 Å². The average Bonchev–Trinajstić information content (AvgIpc) is 2.60. The van der Waals surface area contributed by atoms with Crippen molar-refractivity contribution in [2.24, 2.45) is 0 Å². The Morgan fingerprint density at radius 1 is 1.33 bits per heavy atom.